The molecule has 1 saturated carbocycles. The van der Waals surface area contributed by atoms with Crippen LogP contribution >= 0.6 is 0 Å². The van der Waals surface area contributed by atoms with E-state index < -0.39 is 5.41 Å². The Morgan fingerprint density at radius 3 is 2.25 bits per heavy atom. The Hall–Kier alpha value is -1.57. The SMILES string of the molecule is CCN(CC(=O)N(C)C)C(=O)C1(C#N)CC1. The highest BCUT2D eigenvalue weighted by Gasteiger charge is 2.52. The second-order valence-electron chi connectivity index (χ2n) is 4.30. The Balaban J connectivity index is 2.66. The van der Waals surface area contributed by atoms with Crippen LogP contribution in [0.3, 0.4) is 0 Å². The van der Waals surface area contributed by atoms with Crippen LogP contribution in [0.1, 0.15) is 19.8 Å². The van der Waals surface area contributed by atoms with E-state index in [1.807, 2.05) is 6.92 Å². The molecule has 0 saturated heterocycles. The number of likely N-dealkylation sites (N-methyl/N-ethyl adjacent to an activating group) is 2. The smallest absolute Gasteiger partial charge is 0.243 e. The lowest BCUT2D eigenvalue weighted by Gasteiger charge is -2.24. The van der Waals surface area contributed by atoms with E-state index in [0.29, 0.717) is 19.4 Å². The lowest BCUT2D eigenvalue weighted by molar-refractivity contribution is -0.141. The summed E-state index contributed by atoms with van der Waals surface area (Å²) in [5, 5.41) is 8.92. The minimum atomic E-state index is -0.831. The zero-order valence-corrected chi connectivity index (χ0v) is 9.99. The van der Waals surface area contributed by atoms with E-state index in [1.165, 1.54) is 9.80 Å². The summed E-state index contributed by atoms with van der Waals surface area (Å²) in [5.41, 5.74) is -0.831. The number of nitriles is 1. The topological polar surface area (TPSA) is 64.4 Å². The predicted molar refractivity (Wildman–Crippen MR) is 58.2 cm³/mol. The number of rotatable bonds is 4. The molecule has 5 nitrogen and oxygen atoms in total. The number of hydrogen-bond acceptors (Lipinski definition) is 3. The number of hydrogen-bond donors (Lipinski definition) is 0. The van der Waals surface area contributed by atoms with E-state index in [1.54, 1.807) is 14.1 Å². The molecule has 1 rings (SSSR count). The molecule has 1 aliphatic carbocycles. The standard InChI is InChI=1S/C11H17N3O2/c1-4-14(7-9(15)13(2)3)10(16)11(8-12)5-6-11/h4-7H2,1-3H3. The molecule has 0 N–H and O–H groups in total. The van der Waals surface area contributed by atoms with E-state index >= 15 is 0 Å². The molecule has 0 radical (unpaired) electrons. The molecule has 88 valence electrons. The summed E-state index contributed by atoms with van der Waals surface area (Å²) in [7, 11) is 3.30. The lowest BCUT2D eigenvalue weighted by Crippen LogP contribution is -2.43. The lowest BCUT2D eigenvalue weighted by atomic mass is 10.1. The molecule has 0 aromatic carbocycles. The van der Waals surface area contributed by atoms with Crippen molar-refractivity contribution in [3.63, 3.8) is 0 Å². The van der Waals surface area contributed by atoms with Crippen LogP contribution < -0.4 is 0 Å². The fourth-order valence-corrected chi connectivity index (χ4v) is 1.43. The van der Waals surface area contributed by atoms with E-state index in [4.69, 9.17) is 5.26 Å². The quantitative estimate of drug-likeness (QED) is 0.685. The van der Waals surface area contributed by atoms with Gasteiger partial charge >= 0.3 is 0 Å². The first-order chi connectivity index (χ1) is 7.46. The molecule has 1 aliphatic rings. The first-order valence-electron chi connectivity index (χ1n) is 5.37. The Kier molecular flexibility index (Phi) is 3.53. The monoisotopic (exact) mass is 223 g/mol. The van der Waals surface area contributed by atoms with Crippen LogP contribution in [0.2, 0.25) is 0 Å². The molecule has 0 heterocycles. The zero-order valence-electron chi connectivity index (χ0n) is 9.99. The number of nitrogens with zero attached hydrogens (tertiary/aromatic N) is 3. The summed E-state index contributed by atoms with van der Waals surface area (Å²) in [6, 6.07) is 2.05. The van der Waals surface area contributed by atoms with Gasteiger partial charge in [-0.15, -0.1) is 0 Å². The largest absolute Gasteiger partial charge is 0.347 e. The van der Waals surface area contributed by atoms with Crippen molar-refractivity contribution in [3.05, 3.63) is 0 Å². The van der Waals surface area contributed by atoms with Crippen molar-refractivity contribution >= 4 is 11.8 Å². The molecular weight excluding hydrogens is 206 g/mol. The third-order valence-corrected chi connectivity index (χ3v) is 2.87. The van der Waals surface area contributed by atoms with Crippen LogP contribution in [0, 0.1) is 16.7 Å². The fraction of sp³-hybridized carbons (Fsp3) is 0.727. The Labute approximate surface area is 95.6 Å². The van der Waals surface area contributed by atoms with Crippen LogP contribution in [-0.4, -0.2) is 48.8 Å². The average Bonchev–Trinajstić information content (AvgIpc) is 3.05. The van der Waals surface area contributed by atoms with E-state index in [0.717, 1.165) is 0 Å². The van der Waals surface area contributed by atoms with Crippen LogP contribution in [0.25, 0.3) is 0 Å². The summed E-state index contributed by atoms with van der Waals surface area (Å²) < 4.78 is 0. The van der Waals surface area contributed by atoms with E-state index in [-0.39, 0.29) is 18.4 Å². The van der Waals surface area contributed by atoms with Gasteiger partial charge in [-0.05, 0) is 19.8 Å². The highest BCUT2D eigenvalue weighted by atomic mass is 16.2. The second kappa shape index (κ2) is 4.52. The maximum Gasteiger partial charge on any atom is 0.243 e. The first-order valence-corrected chi connectivity index (χ1v) is 5.37. The molecule has 0 spiro atoms. The maximum atomic E-state index is 12.0. The van der Waals surface area contributed by atoms with Crippen LogP contribution in [-0.2, 0) is 9.59 Å². The molecular formula is C11H17N3O2. The van der Waals surface area contributed by atoms with Gasteiger partial charge in [0.05, 0.1) is 12.6 Å². The molecule has 5 heteroatoms. The van der Waals surface area contributed by atoms with Crippen molar-refractivity contribution in [2.45, 2.75) is 19.8 Å². The van der Waals surface area contributed by atoms with Gasteiger partial charge < -0.3 is 9.80 Å². The summed E-state index contributed by atoms with van der Waals surface area (Å²) in [6.45, 7) is 2.34. The van der Waals surface area contributed by atoms with Gasteiger partial charge in [-0.1, -0.05) is 0 Å². The van der Waals surface area contributed by atoms with Crippen LogP contribution in [0.4, 0.5) is 0 Å². The van der Waals surface area contributed by atoms with Crippen molar-refractivity contribution in [1.29, 1.82) is 5.26 Å². The third-order valence-electron chi connectivity index (χ3n) is 2.87. The van der Waals surface area contributed by atoms with Crippen molar-refractivity contribution < 1.29 is 9.59 Å². The highest BCUT2D eigenvalue weighted by Crippen LogP contribution is 2.46. The minimum Gasteiger partial charge on any atom is -0.347 e. The van der Waals surface area contributed by atoms with Gasteiger partial charge in [0.2, 0.25) is 11.8 Å². The van der Waals surface area contributed by atoms with Crippen molar-refractivity contribution in [3.8, 4) is 6.07 Å². The normalized spacial score (nSPS) is 16.1. The van der Waals surface area contributed by atoms with Gasteiger partial charge in [0, 0.05) is 20.6 Å². The minimum absolute atomic E-state index is 0.0613. The Morgan fingerprint density at radius 1 is 1.38 bits per heavy atom. The van der Waals surface area contributed by atoms with E-state index in [2.05, 4.69) is 6.07 Å². The van der Waals surface area contributed by atoms with Gasteiger partial charge in [-0.3, -0.25) is 9.59 Å². The molecule has 0 aromatic rings. The molecule has 0 unspecified atom stereocenters. The average molecular weight is 223 g/mol. The van der Waals surface area contributed by atoms with Gasteiger partial charge in [-0.25, -0.2) is 0 Å². The zero-order chi connectivity index (χ0) is 12.3. The van der Waals surface area contributed by atoms with Crippen molar-refractivity contribution in [1.82, 2.24) is 9.80 Å². The molecule has 0 aromatic heterocycles. The molecule has 1 fully saturated rings. The predicted octanol–water partition coefficient (Wildman–Crippen LogP) is 0.227. The van der Waals surface area contributed by atoms with Gasteiger partial charge in [0.25, 0.3) is 0 Å². The van der Waals surface area contributed by atoms with Crippen molar-refractivity contribution in [2.24, 2.45) is 5.41 Å². The number of amides is 2. The Morgan fingerprint density at radius 2 is 1.94 bits per heavy atom. The second-order valence-corrected chi connectivity index (χ2v) is 4.30. The highest BCUT2D eigenvalue weighted by molar-refractivity contribution is 5.91. The van der Waals surface area contributed by atoms with Crippen LogP contribution in [0.15, 0.2) is 0 Å². The fourth-order valence-electron chi connectivity index (χ4n) is 1.43. The molecule has 0 bridgehead atoms. The van der Waals surface area contributed by atoms with Gasteiger partial charge in [0.15, 0.2) is 0 Å². The molecule has 2 amide bonds. The van der Waals surface area contributed by atoms with E-state index in [9.17, 15) is 9.59 Å². The summed E-state index contributed by atoms with van der Waals surface area (Å²) in [5.74, 6) is -0.323. The number of carbonyl (C=O) groups is 2. The first kappa shape index (κ1) is 12.5. The number of carbonyl (C=O) groups excluding carboxylic acids is 2. The summed E-state index contributed by atoms with van der Waals surface area (Å²) in [6.07, 6.45) is 1.24. The molecule has 0 aliphatic heterocycles. The van der Waals surface area contributed by atoms with Gasteiger partial charge in [-0.2, -0.15) is 5.26 Å². The summed E-state index contributed by atoms with van der Waals surface area (Å²) in [4.78, 5) is 26.4. The molecule has 16 heavy (non-hydrogen) atoms. The third kappa shape index (κ3) is 2.32. The summed E-state index contributed by atoms with van der Waals surface area (Å²) >= 11 is 0. The van der Waals surface area contributed by atoms with Gasteiger partial charge in [0.1, 0.15) is 5.41 Å². The molecule has 0 atom stereocenters. The van der Waals surface area contributed by atoms with Crippen molar-refractivity contribution in [2.75, 3.05) is 27.2 Å². The maximum absolute atomic E-state index is 12.0. The Bertz CT molecular complexity index is 340. The van der Waals surface area contributed by atoms with Crippen LogP contribution in [0.5, 0.6) is 0 Å².